The molecule has 23 heavy (non-hydrogen) atoms. The molecule has 0 bridgehead atoms. The summed E-state index contributed by atoms with van der Waals surface area (Å²) in [5, 5.41) is 4.78. The monoisotopic (exact) mass is 417 g/mol. The number of carbonyl (C=O) groups excluding carboxylic acids is 1. The van der Waals surface area contributed by atoms with Crippen molar-refractivity contribution in [3.63, 3.8) is 0 Å². The summed E-state index contributed by atoms with van der Waals surface area (Å²) < 4.78 is 28.1. The van der Waals surface area contributed by atoms with Crippen LogP contribution >= 0.6 is 27.3 Å². The number of benzene rings is 1. The largest absolute Gasteiger partial charge is 0.301 e. The molecule has 1 heterocycles. The molecule has 0 spiro atoms. The zero-order valence-electron chi connectivity index (χ0n) is 12.5. The molecule has 1 aromatic heterocycles. The van der Waals surface area contributed by atoms with Crippen molar-refractivity contribution in [2.45, 2.75) is 24.8 Å². The number of hydrogen-bond acceptors (Lipinski definition) is 5. The minimum atomic E-state index is -3.79. The van der Waals surface area contributed by atoms with Gasteiger partial charge in [0.1, 0.15) is 6.04 Å². The number of thiazole rings is 1. The Balaban J connectivity index is 2.18. The van der Waals surface area contributed by atoms with Gasteiger partial charge in [-0.1, -0.05) is 29.8 Å². The van der Waals surface area contributed by atoms with Crippen LogP contribution in [0.3, 0.4) is 0 Å². The number of aromatic nitrogens is 1. The van der Waals surface area contributed by atoms with E-state index in [9.17, 15) is 13.2 Å². The Morgan fingerprint density at radius 1 is 1.26 bits per heavy atom. The molecule has 2 rings (SSSR count). The Hall–Kier alpha value is -1.29. The smallest absolute Gasteiger partial charge is 0.244 e. The zero-order chi connectivity index (χ0) is 17.0. The standard InChI is InChI=1S/C14H16BrN3O3S2/c1-9(2)12(13(19)17-14-16-7-8-22-14)18-23(20,21)11-5-3-10(15)4-6-11/h3-9,12,18H,1-2H3,(H,16,17,19)/t12-/m0/s1. The van der Waals surface area contributed by atoms with E-state index in [0.717, 1.165) is 4.47 Å². The Morgan fingerprint density at radius 3 is 2.43 bits per heavy atom. The van der Waals surface area contributed by atoms with Crippen molar-refractivity contribution < 1.29 is 13.2 Å². The van der Waals surface area contributed by atoms with E-state index in [4.69, 9.17) is 0 Å². The number of nitrogens with zero attached hydrogens (tertiary/aromatic N) is 1. The van der Waals surface area contributed by atoms with Gasteiger partial charge in [-0.3, -0.25) is 4.79 Å². The number of sulfonamides is 1. The number of halogens is 1. The minimum absolute atomic E-state index is 0.105. The molecule has 0 unspecified atom stereocenters. The highest BCUT2D eigenvalue weighted by molar-refractivity contribution is 9.10. The lowest BCUT2D eigenvalue weighted by atomic mass is 10.1. The van der Waals surface area contributed by atoms with Gasteiger partial charge in [0.2, 0.25) is 15.9 Å². The molecule has 0 radical (unpaired) electrons. The molecule has 0 fully saturated rings. The lowest BCUT2D eigenvalue weighted by molar-refractivity contribution is -0.118. The molecule has 124 valence electrons. The maximum absolute atomic E-state index is 12.4. The first-order valence-corrected chi connectivity index (χ1v) is 9.93. The topological polar surface area (TPSA) is 88.2 Å². The molecule has 0 aliphatic heterocycles. The van der Waals surface area contributed by atoms with Crippen LogP contribution < -0.4 is 10.0 Å². The van der Waals surface area contributed by atoms with Crippen LogP contribution in [-0.2, 0) is 14.8 Å². The molecule has 0 aliphatic rings. The summed E-state index contributed by atoms with van der Waals surface area (Å²) in [6, 6.07) is 5.32. The van der Waals surface area contributed by atoms with Crippen molar-refractivity contribution in [2.75, 3.05) is 5.32 Å². The molecule has 1 amide bonds. The quantitative estimate of drug-likeness (QED) is 0.755. The first-order valence-electron chi connectivity index (χ1n) is 6.78. The molecule has 2 N–H and O–H groups in total. The number of nitrogens with one attached hydrogen (secondary N) is 2. The number of anilines is 1. The number of hydrogen-bond donors (Lipinski definition) is 2. The Labute approximate surface area is 147 Å². The minimum Gasteiger partial charge on any atom is -0.301 e. The average Bonchev–Trinajstić information content (AvgIpc) is 2.98. The Kier molecular flexibility index (Phi) is 5.90. The second-order valence-corrected chi connectivity index (χ2v) is 8.65. The summed E-state index contributed by atoms with van der Waals surface area (Å²) >= 11 is 4.53. The maximum atomic E-state index is 12.4. The van der Waals surface area contributed by atoms with Crippen molar-refractivity contribution in [1.82, 2.24) is 9.71 Å². The van der Waals surface area contributed by atoms with Gasteiger partial charge in [0.15, 0.2) is 5.13 Å². The summed E-state index contributed by atoms with van der Waals surface area (Å²) in [4.78, 5) is 16.4. The summed E-state index contributed by atoms with van der Waals surface area (Å²) in [6.45, 7) is 3.55. The Morgan fingerprint density at radius 2 is 1.91 bits per heavy atom. The summed E-state index contributed by atoms with van der Waals surface area (Å²) in [6.07, 6.45) is 1.57. The van der Waals surface area contributed by atoms with Crippen LogP contribution in [-0.4, -0.2) is 25.4 Å². The highest BCUT2D eigenvalue weighted by Crippen LogP contribution is 2.17. The number of rotatable bonds is 6. The summed E-state index contributed by atoms with van der Waals surface area (Å²) in [7, 11) is -3.79. The average molecular weight is 418 g/mol. The number of carbonyl (C=O) groups is 1. The predicted octanol–water partition coefficient (Wildman–Crippen LogP) is 2.85. The van der Waals surface area contributed by atoms with E-state index >= 15 is 0 Å². The highest BCUT2D eigenvalue weighted by atomic mass is 79.9. The molecule has 2 aromatic rings. The second kappa shape index (κ2) is 7.52. The summed E-state index contributed by atoms with van der Waals surface area (Å²) in [5.41, 5.74) is 0. The van der Waals surface area contributed by atoms with Gasteiger partial charge in [0.25, 0.3) is 0 Å². The lowest BCUT2D eigenvalue weighted by Crippen LogP contribution is -2.46. The van der Waals surface area contributed by atoms with Crippen molar-refractivity contribution in [3.8, 4) is 0 Å². The van der Waals surface area contributed by atoms with Crippen LogP contribution in [0.15, 0.2) is 45.2 Å². The third-order valence-electron chi connectivity index (χ3n) is 3.02. The van der Waals surface area contributed by atoms with E-state index < -0.39 is 22.0 Å². The molecule has 0 saturated heterocycles. The van der Waals surface area contributed by atoms with Gasteiger partial charge in [-0.2, -0.15) is 4.72 Å². The third kappa shape index (κ3) is 4.84. The van der Waals surface area contributed by atoms with Crippen LogP contribution in [0.4, 0.5) is 5.13 Å². The van der Waals surface area contributed by atoms with Crippen LogP contribution in [0, 0.1) is 5.92 Å². The molecular weight excluding hydrogens is 402 g/mol. The van der Waals surface area contributed by atoms with Gasteiger partial charge in [-0.15, -0.1) is 11.3 Å². The van der Waals surface area contributed by atoms with E-state index in [1.54, 1.807) is 37.6 Å². The summed E-state index contributed by atoms with van der Waals surface area (Å²) in [5.74, 6) is -0.657. The molecule has 0 saturated carbocycles. The van der Waals surface area contributed by atoms with Gasteiger partial charge >= 0.3 is 0 Å². The molecular formula is C14H16BrN3O3S2. The van der Waals surface area contributed by atoms with E-state index in [1.807, 2.05) is 0 Å². The molecule has 0 aliphatic carbocycles. The van der Waals surface area contributed by atoms with Crippen LogP contribution in [0.5, 0.6) is 0 Å². The van der Waals surface area contributed by atoms with Crippen molar-refractivity contribution >= 4 is 48.3 Å². The molecule has 1 atom stereocenters. The highest BCUT2D eigenvalue weighted by Gasteiger charge is 2.28. The van der Waals surface area contributed by atoms with Crippen molar-refractivity contribution in [1.29, 1.82) is 0 Å². The van der Waals surface area contributed by atoms with E-state index in [1.165, 1.54) is 23.5 Å². The molecule has 9 heteroatoms. The fourth-order valence-electron chi connectivity index (χ4n) is 1.81. The molecule has 6 nitrogen and oxygen atoms in total. The maximum Gasteiger partial charge on any atom is 0.244 e. The molecule has 1 aromatic carbocycles. The van der Waals surface area contributed by atoms with Gasteiger partial charge in [0.05, 0.1) is 4.90 Å². The van der Waals surface area contributed by atoms with Crippen molar-refractivity contribution in [2.24, 2.45) is 5.92 Å². The lowest BCUT2D eigenvalue weighted by Gasteiger charge is -2.21. The SMILES string of the molecule is CC(C)[C@H](NS(=O)(=O)c1ccc(Br)cc1)C(=O)Nc1nccs1. The van der Waals surface area contributed by atoms with Gasteiger partial charge in [0, 0.05) is 16.0 Å². The van der Waals surface area contributed by atoms with Crippen LogP contribution in [0.1, 0.15) is 13.8 Å². The van der Waals surface area contributed by atoms with Gasteiger partial charge in [-0.05, 0) is 30.2 Å². The zero-order valence-corrected chi connectivity index (χ0v) is 15.7. The van der Waals surface area contributed by atoms with Crippen LogP contribution in [0.2, 0.25) is 0 Å². The first kappa shape index (κ1) is 18.1. The fraction of sp³-hybridized carbons (Fsp3) is 0.286. The second-order valence-electron chi connectivity index (χ2n) is 5.12. The van der Waals surface area contributed by atoms with Crippen LogP contribution in [0.25, 0.3) is 0 Å². The van der Waals surface area contributed by atoms with E-state index in [0.29, 0.717) is 5.13 Å². The van der Waals surface area contributed by atoms with Crippen molar-refractivity contribution in [3.05, 3.63) is 40.3 Å². The van der Waals surface area contributed by atoms with E-state index in [-0.39, 0.29) is 10.8 Å². The normalized spacial score (nSPS) is 13.0. The first-order chi connectivity index (χ1) is 10.8. The third-order valence-corrected chi connectivity index (χ3v) is 5.69. The fourth-order valence-corrected chi connectivity index (χ4v) is 3.95. The number of amides is 1. The van der Waals surface area contributed by atoms with Gasteiger partial charge < -0.3 is 5.32 Å². The predicted molar refractivity (Wildman–Crippen MR) is 93.8 cm³/mol. The van der Waals surface area contributed by atoms with E-state index in [2.05, 4.69) is 31.0 Å². The van der Waals surface area contributed by atoms with Gasteiger partial charge in [-0.25, -0.2) is 13.4 Å². The Bertz CT molecular complexity index is 759.